The number of fused-ring (bicyclic) bond motifs is 1. The fourth-order valence-corrected chi connectivity index (χ4v) is 2.77. The van der Waals surface area contributed by atoms with Gasteiger partial charge >= 0.3 is 0 Å². The number of carbonyl (C=O) groups excluding carboxylic acids is 1. The number of methoxy groups -OCH3 is 2. The Morgan fingerprint density at radius 2 is 2.00 bits per heavy atom. The average Bonchev–Trinajstić information content (AvgIpc) is 2.85. The molecule has 2 aromatic heterocycles. The van der Waals surface area contributed by atoms with Crippen LogP contribution in [0, 0.1) is 13.0 Å². The second-order valence-electron chi connectivity index (χ2n) is 5.18. The van der Waals surface area contributed by atoms with E-state index in [-0.39, 0.29) is 5.78 Å². The maximum Gasteiger partial charge on any atom is 0.210 e. The molecule has 1 radical (unpaired) electrons. The van der Waals surface area contributed by atoms with Gasteiger partial charge < -0.3 is 19.6 Å². The molecular formula is C18H17N2O3. The van der Waals surface area contributed by atoms with Crippen molar-refractivity contribution in [1.82, 2.24) is 4.40 Å². The van der Waals surface area contributed by atoms with Gasteiger partial charge in [0.05, 0.1) is 25.4 Å². The number of ether oxygens (including phenoxy) is 2. The Morgan fingerprint density at radius 3 is 2.70 bits per heavy atom. The van der Waals surface area contributed by atoms with Crippen LogP contribution in [0.25, 0.3) is 5.52 Å². The lowest BCUT2D eigenvalue weighted by molar-refractivity contribution is 0.103. The van der Waals surface area contributed by atoms with Gasteiger partial charge in [0.15, 0.2) is 0 Å². The summed E-state index contributed by atoms with van der Waals surface area (Å²) in [6.07, 6.45) is 1.73. The number of aromatic nitrogens is 1. The third-order valence-electron chi connectivity index (χ3n) is 3.88. The molecule has 2 N–H and O–H groups in total. The van der Waals surface area contributed by atoms with Crippen molar-refractivity contribution in [1.29, 1.82) is 0 Å². The minimum atomic E-state index is -0.126. The van der Waals surface area contributed by atoms with Crippen molar-refractivity contribution in [3.8, 4) is 11.5 Å². The monoisotopic (exact) mass is 309 g/mol. The number of anilines is 1. The highest BCUT2D eigenvalue weighted by molar-refractivity contribution is 6.10. The van der Waals surface area contributed by atoms with Crippen molar-refractivity contribution in [2.45, 2.75) is 6.92 Å². The van der Waals surface area contributed by atoms with E-state index in [1.807, 2.05) is 13.0 Å². The average molecular weight is 309 g/mol. The number of nitrogens with two attached hydrogens (primary N) is 1. The summed E-state index contributed by atoms with van der Waals surface area (Å²) in [6, 6.07) is 11.7. The van der Waals surface area contributed by atoms with Crippen LogP contribution >= 0.6 is 0 Å². The normalized spacial score (nSPS) is 10.7. The van der Waals surface area contributed by atoms with Gasteiger partial charge in [-0.1, -0.05) is 6.07 Å². The lowest BCUT2D eigenvalue weighted by atomic mass is 10.0. The van der Waals surface area contributed by atoms with Crippen LogP contribution in [0.4, 0.5) is 5.69 Å². The third-order valence-corrected chi connectivity index (χ3v) is 3.88. The van der Waals surface area contributed by atoms with Gasteiger partial charge in [-0.3, -0.25) is 4.79 Å². The molecule has 0 atom stereocenters. The van der Waals surface area contributed by atoms with Crippen molar-refractivity contribution in [2.24, 2.45) is 0 Å². The van der Waals surface area contributed by atoms with Crippen LogP contribution in [0.1, 0.15) is 21.6 Å². The highest BCUT2D eigenvalue weighted by Gasteiger charge is 2.22. The van der Waals surface area contributed by atoms with Crippen LogP contribution in [0.3, 0.4) is 0 Å². The molecular weight excluding hydrogens is 292 g/mol. The molecule has 0 unspecified atom stereocenters. The molecule has 23 heavy (non-hydrogen) atoms. The standard InChI is InChI=1S/C18H17N2O3/c1-11-16(20-9-5-4-6-14(20)18(11)23-3)17(21)12-7-8-13(19)15(10-12)22-2/h4,6-10H,19H2,1-3H3. The summed E-state index contributed by atoms with van der Waals surface area (Å²) >= 11 is 0. The van der Waals surface area contributed by atoms with Crippen LogP contribution in [0.2, 0.25) is 0 Å². The summed E-state index contributed by atoms with van der Waals surface area (Å²) < 4.78 is 12.4. The minimum absolute atomic E-state index is 0.126. The van der Waals surface area contributed by atoms with Gasteiger partial charge in [0.25, 0.3) is 0 Å². The molecule has 0 fully saturated rings. The first-order chi connectivity index (χ1) is 11.1. The topological polar surface area (TPSA) is 66.0 Å². The predicted molar refractivity (Wildman–Crippen MR) is 88.4 cm³/mol. The zero-order chi connectivity index (χ0) is 16.6. The number of nitrogen functional groups attached to an aromatic ring is 1. The van der Waals surface area contributed by atoms with E-state index in [0.717, 1.165) is 11.1 Å². The molecule has 0 saturated heterocycles. The van der Waals surface area contributed by atoms with Gasteiger partial charge in [0.2, 0.25) is 5.78 Å². The Kier molecular flexibility index (Phi) is 3.70. The first kappa shape index (κ1) is 15.0. The molecule has 5 heteroatoms. The molecule has 0 aliphatic carbocycles. The fraction of sp³-hybridized carbons (Fsp3) is 0.167. The molecule has 5 nitrogen and oxygen atoms in total. The molecule has 3 rings (SSSR count). The smallest absolute Gasteiger partial charge is 0.210 e. The van der Waals surface area contributed by atoms with Crippen LogP contribution in [0.5, 0.6) is 11.5 Å². The van der Waals surface area contributed by atoms with Gasteiger partial charge in [-0.15, -0.1) is 0 Å². The second-order valence-corrected chi connectivity index (χ2v) is 5.18. The van der Waals surface area contributed by atoms with Crippen molar-refractivity contribution in [3.05, 3.63) is 59.4 Å². The Balaban J connectivity index is 2.20. The molecule has 0 aliphatic heterocycles. The van der Waals surface area contributed by atoms with E-state index < -0.39 is 0 Å². The minimum Gasteiger partial charge on any atom is -0.495 e. The Labute approximate surface area is 134 Å². The summed E-state index contributed by atoms with van der Waals surface area (Å²) in [5, 5.41) is 0. The van der Waals surface area contributed by atoms with Gasteiger partial charge in [-0.2, -0.15) is 0 Å². The quantitative estimate of drug-likeness (QED) is 0.594. The summed E-state index contributed by atoms with van der Waals surface area (Å²) in [5.41, 5.74) is 8.97. The molecule has 3 aromatic rings. The van der Waals surface area contributed by atoms with E-state index >= 15 is 0 Å². The number of carbonyl (C=O) groups is 1. The highest BCUT2D eigenvalue weighted by Crippen LogP contribution is 2.32. The van der Waals surface area contributed by atoms with Crippen LogP contribution in [-0.4, -0.2) is 24.4 Å². The number of ketones is 1. The molecule has 0 spiro atoms. The lowest BCUT2D eigenvalue weighted by Gasteiger charge is -2.08. The van der Waals surface area contributed by atoms with E-state index in [1.165, 1.54) is 7.11 Å². The molecule has 0 bridgehead atoms. The Hall–Kier alpha value is -2.95. The molecule has 0 amide bonds. The van der Waals surface area contributed by atoms with Crippen molar-refractivity contribution < 1.29 is 14.3 Å². The maximum atomic E-state index is 13.0. The summed E-state index contributed by atoms with van der Waals surface area (Å²) in [4.78, 5) is 13.0. The van der Waals surface area contributed by atoms with E-state index in [9.17, 15) is 4.79 Å². The van der Waals surface area contributed by atoms with E-state index in [1.54, 1.807) is 42.0 Å². The molecule has 1 aromatic carbocycles. The zero-order valence-electron chi connectivity index (χ0n) is 13.2. The number of hydrogen-bond donors (Lipinski definition) is 1. The fourth-order valence-electron chi connectivity index (χ4n) is 2.77. The molecule has 2 heterocycles. The summed E-state index contributed by atoms with van der Waals surface area (Å²) in [6.45, 7) is 1.87. The third kappa shape index (κ3) is 2.30. The van der Waals surface area contributed by atoms with Crippen molar-refractivity contribution >= 4 is 17.0 Å². The second kappa shape index (κ2) is 5.68. The number of hydrogen-bond acceptors (Lipinski definition) is 4. The largest absolute Gasteiger partial charge is 0.495 e. The van der Waals surface area contributed by atoms with Gasteiger partial charge in [0, 0.05) is 17.3 Å². The summed E-state index contributed by atoms with van der Waals surface area (Å²) in [5.74, 6) is 1.04. The van der Waals surface area contributed by atoms with Crippen LogP contribution in [-0.2, 0) is 0 Å². The van der Waals surface area contributed by atoms with Gasteiger partial charge in [-0.25, -0.2) is 0 Å². The van der Waals surface area contributed by atoms with Gasteiger partial charge in [0.1, 0.15) is 17.2 Å². The maximum absolute atomic E-state index is 13.0. The Morgan fingerprint density at radius 1 is 1.22 bits per heavy atom. The SMILES string of the molecule is COc1cc(C(=O)c2c(C)c(OC)c3cc[c]cn23)ccc1N. The zero-order valence-corrected chi connectivity index (χ0v) is 13.2. The first-order valence-electron chi connectivity index (χ1n) is 7.11. The van der Waals surface area contributed by atoms with E-state index in [4.69, 9.17) is 15.2 Å². The predicted octanol–water partition coefficient (Wildman–Crippen LogP) is 2.88. The number of pyridine rings is 1. The highest BCUT2D eigenvalue weighted by atomic mass is 16.5. The van der Waals surface area contributed by atoms with Gasteiger partial charge in [-0.05, 0) is 37.3 Å². The van der Waals surface area contributed by atoms with Crippen molar-refractivity contribution in [3.63, 3.8) is 0 Å². The lowest BCUT2D eigenvalue weighted by Crippen LogP contribution is -2.07. The van der Waals surface area contributed by atoms with Crippen LogP contribution < -0.4 is 15.2 Å². The van der Waals surface area contributed by atoms with E-state index in [2.05, 4.69) is 6.07 Å². The molecule has 117 valence electrons. The first-order valence-corrected chi connectivity index (χ1v) is 7.11. The Bertz CT molecular complexity index is 897. The number of rotatable bonds is 4. The van der Waals surface area contributed by atoms with E-state index in [0.29, 0.717) is 28.4 Å². The summed E-state index contributed by atoms with van der Waals surface area (Å²) in [7, 11) is 3.12. The number of benzene rings is 1. The molecule has 0 aliphatic rings. The van der Waals surface area contributed by atoms with Crippen LogP contribution in [0.15, 0.2) is 36.5 Å². The molecule has 0 saturated carbocycles. The number of nitrogens with zero attached hydrogens (tertiary/aromatic N) is 1. The van der Waals surface area contributed by atoms with Crippen molar-refractivity contribution in [2.75, 3.05) is 20.0 Å².